The number of amides is 1. The van der Waals surface area contributed by atoms with Crippen LogP contribution in [0.5, 0.6) is 5.75 Å². The van der Waals surface area contributed by atoms with Gasteiger partial charge in [-0.1, -0.05) is 35.2 Å². The monoisotopic (exact) mass is 420 g/mol. The van der Waals surface area contributed by atoms with Crippen molar-refractivity contribution in [2.75, 3.05) is 18.2 Å². The van der Waals surface area contributed by atoms with Gasteiger partial charge < -0.3 is 10.1 Å². The summed E-state index contributed by atoms with van der Waals surface area (Å²) in [5, 5.41) is 12.0. The van der Waals surface area contributed by atoms with Crippen molar-refractivity contribution in [3.05, 3.63) is 59.9 Å². The number of nitrogens with one attached hydrogen (secondary N) is 1. The highest BCUT2D eigenvalue weighted by atomic mass is 32.2. The smallest absolute Gasteiger partial charge is 0.234 e. The number of aromatic nitrogens is 5. The van der Waals surface area contributed by atoms with Gasteiger partial charge in [0.05, 0.1) is 18.6 Å². The van der Waals surface area contributed by atoms with Crippen molar-refractivity contribution >= 4 is 34.5 Å². The van der Waals surface area contributed by atoms with Gasteiger partial charge in [-0.25, -0.2) is 9.97 Å². The average molecular weight is 420 g/mol. The fourth-order valence-corrected chi connectivity index (χ4v) is 3.67. The Balaban J connectivity index is 1.53. The number of nitrogens with zero attached hydrogens (tertiary/aromatic N) is 5. The number of hydrogen-bond donors (Lipinski definition) is 1. The van der Waals surface area contributed by atoms with Gasteiger partial charge in [-0.2, -0.15) is 4.68 Å². The molecule has 0 aliphatic heterocycles. The lowest BCUT2D eigenvalue weighted by Crippen LogP contribution is -2.15. The van der Waals surface area contributed by atoms with Crippen molar-refractivity contribution in [2.45, 2.75) is 18.9 Å². The molecule has 2 aromatic carbocycles. The number of thioether (sulfide) groups is 1. The first-order valence-corrected chi connectivity index (χ1v) is 10.2. The first-order valence-electron chi connectivity index (χ1n) is 9.26. The molecule has 4 aromatic rings. The van der Waals surface area contributed by atoms with E-state index < -0.39 is 0 Å². The van der Waals surface area contributed by atoms with E-state index in [1.165, 1.54) is 18.1 Å². The molecule has 0 saturated heterocycles. The Kier molecular flexibility index (Phi) is 5.62. The van der Waals surface area contributed by atoms with Crippen LogP contribution in [0, 0.1) is 13.8 Å². The molecule has 0 aliphatic rings. The van der Waals surface area contributed by atoms with E-state index in [1.54, 1.807) is 11.8 Å². The Hall–Kier alpha value is -3.46. The van der Waals surface area contributed by atoms with Gasteiger partial charge in [0.2, 0.25) is 5.91 Å². The van der Waals surface area contributed by atoms with Gasteiger partial charge in [0.25, 0.3) is 0 Å². The number of anilines is 1. The number of ether oxygens (including phenoxy) is 1. The molecule has 0 unspecified atom stereocenters. The minimum Gasteiger partial charge on any atom is -0.497 e. The van der Waals surface area contributed by atoms with Crippen LogP contribution in [-0.4, -0.2) is 43.7 Å². The third-order valence-electron chi connectivity index (χ3n) is 4.51. The molecule has 1 amide bonds. The van der Waals surface area contributed by atoms with E-state index >= 15 is 0 Å². The Morgan fingerprint density at radius 2 is 2.03 bits per heavy atom. The molecule has 0 spiro atoms. The Morgan fingerprint density at radius 1 is 1.17 bits per heavy atom. The topological polar surface area (TPSA) is 94.8 Å². The standard InChI is InChI=1S/C21H20N6O2S/c1-13-7-8-14(2)17(9-13)24-18(28)11-30-21-19-20(22-12-23-21)27(26-25-19)15-5-4-6-16(10-15)29-3/h4-10,12H,11H2,1-3H3,(H,24,28). The number of aryl methyl sites for hydroxylation is 2. The molecule has 152 valence electrons. The second-order valence-corrected chi connectivity index (χ2v) is 7.67. The molecule has 0 radical (unpaired) electrons. The molecule has 0 aliphatic carbocycles. The van der Waals surface area contributed by atoms with Crippen LogP contribution in [0.1, 0.15) is 11.1 Å². The largest absolute Gasteiger partial charge is 0.497 e. The van der Waals surface area contributed by atoms with Crippen LogP contribution in [-0.2, 0) is 4.79 Å². The first kappa shape index (κ1) is 19.8. The Morgan fingerprint density at radius 3 is 2.87 bits per heavy atom. The Labute approximate surface area is 177 Å². The van der Waals surface area contributed by atoms with Crippen LogP contribution in [0.4, 0.5) is 5.69 Å². The predicted octanol–water partition coefficient (Wildman–Crippen LogP) is 3.57. The van der Waals surface area contributed by atoms with Crippen molar-refractivity contribution in [1.82, 2.24) is 25.0 Å². The quantitative estimate of drug-likeness (QED) is 0.376. The van der Waals surface area contributed by atoms with Gasteiger partial charge in [-0.15, -0.1) is 5.10 Å². The molecule has 0 saturated carbocycles. The van der Waals surface area contributed by atoms with Gasteiger partial charge in [0, 0.05) is 11.8 Å². The van der Waals surface area contributed by atoms with E-state index in [2.05, 4.69) is 25.6 Å². The zero-order chi connectivity index (χ0) is 21.1. The predicted molar refractivity (Wildman–Crippen MR) is 116 cm³/mol. The molecule has 4 rings (SSSR count). The van der Waals surface area contributed by atoms with Crippen LogP contribution in [0.2, 0.25) is 0 Å². The summed E-state index contributed by atoms with van der Waals surface area (Å²) in [6.07, 6.45) is 1.45. The number of fused-ring (bicyclic) bond motifs is 1. The highest BCUT2D eigenvalue weighted by molar-refractivity contribution is 8.00. The Bertz CT molecular complexity index is 1220. The van der Waals surface area contributed by atoms with Crippen LogP contribution < -0.4 is 10.1 Å². The van der Waals surface area contributed by atoms with E-state index in [4.69, 9.17) is 4.74 Å². The molecule has 30 heavy (non-hydrogen) atoms. The number of benzene rings is 2. The molecule has 1 N–H and O–H groups in total. The van der Waals surface area contributed by atoms with Gasteiger partial charge >= 0.3 is 0 Å². The van der Waals surface area contributed by atoms with E-state index in [-0.39, 0.29) is 11.7 Å². The number of rotatable bonds is 6. The molecule has 0 bridgehead atoms. The second-order valence-electron chi connectivity index (χ2n) is 6.71. The molecule has 2 aromatic heterocycles. The molecule has 0 fully saturated rings. The maximum Gasteiger partial charge on any atom is 0.234 e. The fraction of sp³-hybridized carbons (Fsp3) is 0.190. The van der Waals surface area contributed by atoms with Crippen molar-refractivity contribution in [1.29, 1.82) is 0 Å². The van der Waals surface area contributed by atoms with E-state index in [1.807, 2.05) is 56.3 Å². The fourth-order valence-electron chi connectivity index (χ4n) is 2.94. The molecule has 2 heterocycles. The first-order chi connectivity index (χ1) is 14.5. The highest BCUT2D eigenvalue weighted by Gasteiger charge is 2.15. The van der Waals surface area contributed by atoms with Gasteiger partial charge in [0.1, 0.15) is 17.1 Å². The van der Waals surface area contributed by atoms with Crippen LogP contribution in [0.25, 0.3) is 16.9 Å². The lowest BCUT2D eigenvalue weighted by molar-refractivity contribution is -0.113. The summed E-state index contributed by atoms with van der Waals surface area (Å²) in [5.41, 5.74) is 4.82. The third-order valence-corrected chi connectivity index (χ3v) is 5.49. The van der Waals surface area contributed by atoms with Crippen LogP contribution >= 0.6 is 11.8 Å². The van der Waals surface area contributed by atoms with Gasteiger partial charge in [-0.05, 0) is 43.2 Å². The van der Waals surface area contributed by atoms with Crippen molar-refractivity contribution < 1.29 is 9.53 Å². The number of carbonyl (C=O) groups is 1. The zero-order valence-electron chi connectivity index (χ0n) is 16.8. The summed E-state index contributed by atoms with van der Waals surface area (Å²) < 4.78 is 6.90. The maximum absolute atomic E-state index is 12.5. The molecular formula is C21H20N6O2S. The summed E-state index contributed by atoms with van der Waals surface area (Å²) in [7, 11) is 1.61. The normalized spacial score (nSPS) is 10.9. The third kappa shape index (κ3) is 4.11. The SMILES string of the molecule is COc1cccc(-n2nnc3c(SCC(=O)Nc4cc(C)ccc4C)ncnc32)c1. The van der Waals surface area contributed by atoms with E-state index in [0.717, 1.165) is 22.5 Å². The molecular weight excluding hydrogens is 400 g/mol. The van der Waals surface area contributed by atoms with Crippen molar-refractivity contribution in [3.63, 3.8) is 0 Å². The highest BCUT2D eigenvalue weighted by Crippen LogP contribution is 2.25. The summed E-state index contributed by atoms with van der Waals surface area (Å²) in [5.74, 6) is 0.800. The minimum atomic E-state index is -0.111. The molecule has 8 nitrogen and oxygen atoms in total. The number of methoxy groups -OCH3 is 1. The minimum absolute atomic E-state index is 0.111. The zero-order valence-corrected chi connectivity index (χ0v) is 17.6. The van der Waals surface area contributed by atoms with Crippen LogP contribution in [0.3, 0.4) is 0 Å². The molecule has 0 atom stereocenters. The van der Waals surface area contributed by atoms with Crippen molar-refractivity contribution in [3.8, 4) is 11.4 Å². The summed E-state index contributed by atoms with van der Waals surface area (Å²) >= 11 is 1.30. The number of hydrogen-bond acceptors (Lipinski definition) is 7. The second kappa shape index (κ2) is 8.50. The lowest BCUT2D eigenvalue weighted by atomic mass is 10.1. The van der Waals surface area contributed by atoms with E-state index in [0.29, 0.717) is 21.9 Å². The average Bonchev–Trinajstić information content (AvgIpc) is 3.19. The summed E-state index contributed by atoms with van der Waals surface area (Å²) in [6, 6.07) is 13.4. The van der Waals surface area contributed by atoms with Crippen molar-refractivity contribution in [2.24, 2.45) is 0 Å². The lowest BCUT2D eigenvalue weighted by Gasteiger charge is -2.09. The molecule has 9 heteroatoms. The van der Waals surface area contributed by atoms with Crippen LogP contribution in [0.15, 0.2) is 53.8 Å². The number of carbonyl (C=O) groups excluding carboxylic acids is 1. The van der Waals surface area contributed by atoms with Gasteiger partial charge in [-0.3, -0.25) is 4.79 Å². The van der Waals surface area contributed by atoms with Gasteiger partial charge in [0.15, 0.2) is 11.2 Å². The summed E-state index contributed by atoms with van der Waals surface area (Å²) in [4.78, 5) is 21.1. The maximum atomic E-state index is 12.5. The van der Waals surface area contributed by atoms with E-state index in [9.17, 15) is 4.79 Å². The summed E-state index contributed by atoms with van der Waals surface area (Å²) in [6.45, 7) is 3.96.